The predicted octanol–water partition coefficient (Wildman–Crippen LogP) is 1.23. The molecule has 0 aliphatic carbocycles. The number of nitrogens with zero attached hydrogens (tertiary/aromatic N) is 1. The maximum absolute atomic E-state index is 12.5. The molecule has 0 aromatic heterocycles. The van der Waals surface area contributed by atoms with E-state index in [4.69, 9.17) is 0 Å². The molecule has 7 nitrogen and oxygen atoms in total. The monoisotopic (exact) mass is 368 g/mol. The van der Waals surface area contributed by atoms with Crippen molar-refractivity contribution in [3.8, 4) is 0 Å². The van der Waals surface area contributed by atoms with Gasteiger partial charge in [-0.1, -0.05) is 42.5 Å². The van der Waals surface area contributed by atoms with Crippen LogP contribution in [0.25, 0.3) is 0 Å². The second-order valence-electron chi connectivity index (χ2n) is 6.23. The highest BCUT2D eigenvalue weighted by atomic mass is 16.2. The summed E-state index contributed by atoms with van der Waals surface area (Å²) < 4.78 is 0. The van der Waals surface area contributed by atoms with Crippen molar-refractivity contribution in [1.82, 2.24) is 15.5 Å². The molecule has 7 heteroatoms. The Balaban J connectivity index is 1.96. The minimum Gasteiger partial charge on any atom is -0.348 e. The molecule has 0 unspecified atom stereocenters. The molecule has 0 fully saturated rings. The Hall–Kier alpha value is -3.19. The number of hydrogen-bond acceptors (Lipinski definition) is 4. The molecule has 2 aromatic carbocycles. The first-order chi connectivity index (χ1) is 13.0. The fourth-order valence-electron chi connectivity index (χ4n) is 2.32. The summed E-state index contributed by atoms with van der Waals surface area (Å²) in [5, 5.41) is 7.85. The van der Waals surface area contributed by atoms with Crippen LogP contribution in [0.3, 0.4) is 0 Å². The van der Waals surface area contributed by atoms with E-state index in [9.17, 15) is 14.4 Å². The summed E-state index contributed by atoms with van der Waals surface area (Å²) in [5.74, 6) is -1.88. The third kappa shape index (κ3) is 6.56. The van der Waals surface area contributed by atoms with Gasteiger partial charge in [-0.25, -0.2) is 0 Å². The quantitative estimate of drug-likeness (QED) is 0.641. The van der Waals surface area contributed by atoms with E-state index >= 15 is 0 Å². The van der Waals surface area contributed by atoms with Crippen LogP contribution < -0.4 is 16.0 Å². The number of anilines is 1. The van der Waals surface area contributed by atoms with E-state index in [1.54, 1.807) is 24.3 Å². The Labute approximate surface area is 158 Å². The van der Waals surface area contributed by atoms with Gasteiger partial charge < -0.3 is 20.9 Å². The van der Waals surface area contributed by atoms with Crippen LogP contribution in [-0.4, -0.2) is 49.8 Å². The molecule has 27 heavy (non-hydrogen) atoms. The molecule has 0 atom stereocenters. The fourth-order valence-corrected chi connectivity index (χ4v) is 2.32. The third-order valence-electron chi connectivity index (χ3n) is 3.77. The first-order valence-electron chi connectivity index (χ1n) is 8.62. The van der Waals surface area contributed by atoms with E-state index in [0.29, 0.717) is 25.2 Å². The Morgan fingerprint density at radius 1 is 0.852 bits per heavy atom. The van der Waals surface area contributed by atoms with Gasteiger partial charge in [-0.3, -0.25) is 14.4 Å². The van der Waals surface area contributed by atoms with Crippen molar-refractivity contribution in [2.45, 2.75) is 6.54 Å². The molecule has 2 aromatic rings. The summed E-state index contributed by atoms with van der Waals surface area (Å²) in [5.41, 5.74) is 1.55. The van der Waals surface area contributed by atoms with Crippen LogP contribution in [0.5, 0.6) is 0 Å². The number of likely N-dealkylation sites (N-methyl/N-ethyl adjacent to an activating group) is 1. The minimum absolute atomic E-state index is 0.288. The van der Waals surface area contributed by atoms with Crippen molar-refractivity contribution in [3.63, 3.8) is 0 Å². The summed E-state index contributed by atoms with van der Waals surface area (Å²) in [6.07, 6.45) is 0. The van der Waals surface area contributed by atoms with Crippen LogP contribution in [0.4, 0.5) is 5.69 Å². The molecular formula is C20H24N4O3. The van der Waals surface area contributed by atoms with Crippen molar-refractivity contribution >= 4 is 23.4 Å². The summed E-state index contributed by atoms with van der Waals surface area (Å²) in [4.78, 5) is 38.3. The Kier molecular flexibility index (Phi) is 7.51. The molecule has 3 amide bonds. The summed E-state index contributed by atoms with van der Waals surface area (Å²) >= 11 is 0. The van der Waals surface area contributed by atoms with E-state index in [0.717, 1.165) is 5.56 Å². The first-order valence-corrected chi connectivity index (χ1v) is 8.62. The van der Waals surface area contributed by atoms with E-state index in [1.807, 2.05) is 49.3 Å². The second-order valence-corrected chi connectivity index (χ2v) is 6.23. The lowest BCUT2D eigenvalue weighted by Gasteiger charge is -2.12. The molecule has 0 bridgehead atoms. The molecule has 0 spiro atoms. The highest BCUT2D eigenvalue weighted by molar-refractivity contribution is 6.40. The zero-order valence-electron chi connectivity index (χ0n) is 15.5. The van der Waals surface area contributed by atoms with Crippen molar-refractivity contribution in [2.24, 2.45) is 0 Å². The van der Waals surface area contributed by atoms with Crippen molar-refractivity contribution in [1.29, 1.82) is 0 Å². The maximum atomic E-state index is 12.5. The van der Waals surface area contributed by atoms with E-state index in [-0.39, 0.29) is 11.6 Å². The van der Waals surface area contributed by atoms with Crippen LogP contribution >= 0.6 is 0 Å². The third-order valence-corrected chi connectivity index (χ3v) is 3.77. The molecule has 0 saturated heterocycles. The number of hydrogen-bond donors (Lipinski definition) is 3. The number of carbonyl (C=O) groups excluding carboxylic acids is 3. The van der Waals surface area contributed by atoms with Crippen LogP contribution in [0.1, 0.15) is 15.9 Å². The molecule has 0 aliphatic rings. The van der Waals surface area contributed by atoms with Gasteiger partial charge >= 0.3 is 11.8 Å². The molecule has 0 radical (unpaired) electrons. The van der Waals surface area contributed by atoms with E-state index in [1.165, 1.54) is 0 Å². The smallest absolute Gasteiger partial charge is 0.313 e. The van der Waals surface area contributed by atoms with Gasteiger partial charge in [0, 0.05) is 19.6 Å². The minimum atomic E-state index is -0.808. The number of carbonyl (C=O) groups is 3. The Morgan fingerprint density at radius 2 is 1.52 bits per heavy atom. The number of para-hydroxylation sites is 1. The fraction of sp³-hybridized carbons (Fsp3) is 0.250. The van der Waals surface area contributed by atoms with Crippen LogP contribution in [0.2, 0.25) is 0 Å². The molecule has 0 aliphatic heterocycles. The molecule has 142 valence electrons. The lowest BCUT2D eigenvalue weighted by Crippen LogP contribution is -2.39. The van der Waals surface area contributed by atoms with Crippen LogP contribution in [0, 0.1) is 0 Å². The molecule has 0 saturated carbocycles. The van der Waals surface area contributed by atoms with Gasteiger partial charge in [-0.2, -0.15) is 0 Å². The van der Waals surface area contributed by atoms with Gasteiger partial charge in [-0.15, -0.1) is 0 Å². The molecular weight excluding hydrogens is 344 g/mol. The predicted molar refractivity (Wildman–Crippen MR) is 104 cm³/mol. The van der Waals surface area contributed by atoms with Gasteiger partial charge in [0.05, 0.1) is 11.3 Å². The Morgan fingerprint density at radius 3 is 2.22 bits per heavy atom. The van der Waals surface area contributed by atoms with Crippen molar-refractivity contribution < 1.29 is 14.4 Å². The van der Waals surface area contributed by atoms with Gasteiger partial charge in [0.2, 0.25) is 0 Å². The number of amides is 3. The average molecular weight is 368 g/mol. The normalized spacial score (nSPS) is 10.3. The van der Waals surface area contributed by atoms with Gasteiger partial charge in [0.1, 0.15) is 0 Å². The summed E-state index contributed by atoms with van der Waals surface area (Å²) in [7, 11) is 3.74. The topological polar surface area (TPSA) is 90.5 Å². The zero-order valence-corrected chi connectivity index (χ0v) is 15.5. The standard InChI is InChI=1S/C20H24N4O3/c1-24(2)13-12-21-19(26)20(27)23-17-11-7-6-10-16(17)18(25)22-14-15-8-4-3-5-9-15/h3-11H,12-14H2,1-2H3,(H,21,26)(H,22,25)(H,23,27). The number of nitrogens with one attached hydrogen (secondary N) is 3. The highest BCUT2D eigenvalue weighted by Gasteiger charge is 2.17. The van der Waals surface area contributed by atoms with Gasteiger partial charge in [0.15, 0.2) is 0 Å². The second kappa shape index (κ2) is 10.1. The lowest BCUT2D eigenvalue weighted by molar-refractivity contribution is -0.136. The van der Waals surface area contributed by atoms with Crippen molar-refractivity contribution in [3.05, 3.63) is 65.7 Å². The van der Waals surface area contributed by atoms with E-state index in [2.05, 4.69) is 16.0 Å². The van der Waals surface area contributed by atoms with Crippen LogP contribution in [-0.2, 0) is 16.1 Å². The molecule has 3 N–H and O–H groups in total. The zero-order chi connectivity index (χ0) is 19.6. The number of rotatable bonds is 7. The summed E-state index contributed by atoms with van der Waals surface area (Å²) in [6.45, 7) is 1.35. The average Bonchev–Trinajstić information content (AvgIpc) is 2.67. The van der Waals surface area contributed by atoms with E-state index < -0.39 is 11.8 Å². The van der Waals surface area contributed by atoms with Gasteiger partial charge in [0.25, 0.3) is 5.91 Å². The summed E-state index contributed by atoms with van der Waals surface area (Å²) in [6, 6.07) is 16.1. The number of benzene rings is 2. The molecule has 2 rings (SSSR count). The lowest BCUT2D eigenvalue weighted by atomic mass is 10.1. The highest BCUT2D eigenvalue weighted by Crippen LogP contribution is 2.15. The van der Waals surface area contributed by atoms with Crippen molar-refractivity contribution in [2.75, 3.05) is 32.5 Å². The SMILES string of the molecule is CN(C)CCNC(=O)C(=O)Nc1ccccc1C(=O)NCc1ccccc1. The largest absolute Gasteiger partial charge is 0.348 e. The maximum Gasteiger partial charge on any atom is 0.313 e. The van der Waals surface area contributed by atoms with Crippen LogP contribution in [0.15, 0.2) is 54.6 Å². The first kappa shape index (κ1) is 20.1. The Bertz CT molecular complexity index is 791. The van der Waals surface area contributed by atoms with Gasteiger partial charge in [-0.05, 0) is 31.8 Å². The molecule has 0 heterocycles.